The lowest BCUT2D eigenvalue weighted by Gasteiger charge is -2.06. The Balaban J connectivity index is 3.22. The monoisotopic (exact) mass is 623 g/mol. The van der Waals surface area contributed by atoms with Crippen molar-refractivity contribution in [1.82, 2.24) is 0 Å². The smallest absolute Gasteiger partial charge is 0.305 e. The Labute approximate surface area is 276 Å². The quantitative estimate of drug-likeness (QED) is 0.0511. The standard InChI is InChI=1S/C40H78O4/c1-3-5-7-9-11-13-15-17-19-23-27-31-35-39(41)43-37-33-29-25-21-22-26-30-34-38-44-40(42)36-32-28-24-20-18-16-14-12-10-8-6-4-2/h3-38H2,1-2H3. The van der Waals surface area contributed by atoms with Crippen LogP contribution in [0.1, 0.15) is 232 Å². The predicted octanol–water partition coefficient (Wildman–Crippen LogP) is 13.4. The summed E-state index contributed by atoms with van der Waals surface area (Å²) in [4.78, 5) is 23.8. The van der Waals surface area contributed by atoms with E-state index in [1.165, 1.54) is 154 Å². The summed E-state index contributed by atoms with van der Waals surface area (Å²) < 4.78 is 10.8. The molecule has 0 saturated carbocycles. The highest BCUT2D eigenvalue weighted by atomic mass is 16.5. The molecule has 0 aliphatic rings. The van der Waals surface area contributed by atoms with Crippen molar-refractivity contribution < 1.29 is 19.1 Å². The Morgan fingerprint density at radius 3 is 0.750 bits per heavy atom. The molecule has 0 spiro atoms. The minimum Gasteiger partial charge on any atom is -0.466 e. The van der Waals surface area contributed by atoms with Crippen molar-refractivity contribution in [2.24, 2.45) is 0 Å². The number of hydrogen-bond donors (Lipinski definition) is 0. The lowest BCUT2D eigenvalue weighted by molar-refractivity contribution is -0.144. The highest BCUT2D eigenvalue weighted by Crippen LogP contribution is 2.15. The van der Waals surface area contributed by atoms with Crippen LogP contribution in [0.4, 0.5) is 0 Å². The van der Waals surface area contributed by atoms with Crippen molar-refractivity contribution in [3.05, 3.63) is 0 Å². The first kappa shape index (κ1) is 42.9. The van der Waals surface area contributed by atoms with E-state index in [2.05, 4.69) is 13.8 Å². The highest BCUT2D eigenvalue weighted by Gasteiger charge is 2.04. The summed E-state index contributed by atoms with van der Waals surface area (Å²) in [7, 11) is 0. The highest BCUT2D eigenvalue weighted by molar-refractivity contribution is 5.69. The van der Waals surface area contributed by atoms with E-state index in [4.69, 9.17) is 9.47 Å². The van der Waals surface area contributed by atoms with E-state index in [1.807, 2.05) is 0 Å². The molecule has 0 radical (unpaired) electrons. The topological polar surface area (TPSA) is 52.6 Å². The van der Waals surface area contributed by atoms with Gasteiger partial charge in [-0.2, -0.15) is 0 Å². The second-order valence-electron chi connectivity index (χ2n) is 13.5. The van der Waals surface area contributed by atoms with Crippen molar-refractivity contribution in [3.8, 4) is 0 Å². The van der Waals surface area contributed by atoms with Gasteiger partial charge in [-0.05, 0) is 25.7 Å². The van der Waals surface area contributed by atoms with Gasteiger partial charge < -0.3 is 9.47 Å². The molecule has 44 heavy (non-hydrogen) atoms. The second-order valence-corrected chi connectivity index (χ2v) is 13.5. The first-order valence-corrected chi connectivity index (χ1v) is 20.0. The van der Waals surface area contributed by atoms with Crippen LogP contribution < -0.4 is 0 Å². The third kappa shape index (κ3) is 37.1. The van der Waals surface area contributed by atoms with Crippen LogP contribution >= 0.6 is 0 Å². The van der Waals surface area contributed by atoms with E-state index in [-0.39, 0.29) is 11.9 Å². The van der Waals surface area contributed by atoms with E-state index in [1.54, 1.807) is 0 Å². The van der Waals surface area contributed by atoms with E-state index in [9.17, 15) is 9.59 Å². The van der Waals surface area contributed by atoms with Crippen LogP contribution in [0.5, 0.6) is 0 Å². The van der Waals surface area contributed by atoms with Crippen molar-refractivity contribution in [2.45, 2.75) is 232 Å². The van der Waals surface area contributed by atoms with Crippen LogP contribution in [0.25, 0.3) is 0 Å². The Bertz CT molecular complexity index is 526. The molecular formula is C40H78O4. The van der Waals surface area contributed by atoms with Crippen molar-refractivity contribution in [2.75, 3.05) is 13.2 Å². The van der Waals surface area contributed by atoms with E-state index in [0.29, 0.717) is 26.1 Å². The molecule has 0 amide bonds. The summed E-state index contributed by atoms with van der Waals surface area (Å²) in [5, 5.41) is 0. The van der Waals surface area contributed by atoms with Gasteiger partial charge in [0.15, 0.2) is 0 Å². The fourth-order valence-electron chi connectivity index (χ4n) is 6.00. The average Bonchev–Trinajstić information content (AvgIpc) is 3.02. The fraction of sp³-hybridized carbons (Fsp3) is 0.950. The van der Waals surface area contributed by atoms with Crippen LogP contribution in [0.2, 0.25) is 0 Å². The van der Waals surface area contributed by atoms with E-state index < -0.39 is 0 Å². The minimum atomic E-state index is -0.00753. The van der Waals surface area contributed by atoms with Crippen LogP contribution in [0, 0.1) is 0 Å². The van der Waals surface area contributed by atoms with Gasteiger partial charge in [0.25, 0.3) is 0 Å². The van der Waals surface area contributed by atoms with Crippen molar-refractivity contribution >= 4 is 11.9 Å². The van der Waals surface area contributed by atoms with Gasteiger partial charge in [0, 0.05) is 12.8 Å². The summed E-state index contributed by atoms with van der Waals surface area (Å²) >= 11 is 0. The summed E-state index contributed by atoms with van der Waals surface area (Å²) in [5.41, 5.74) is 0. The number of carbonyl (C=O) groups excluding carboxylic acids is 2. The number of ether oxygens (including phenoxy) is 2. The predicted molar refractivity (Wildman–Crippen MR) is 190 cm³/mol. The van der Waals surface area contributed by atoms with Gasteiger partial charge in [0.05, 0.1) is 13.2 Å². The third-order valence-corrected chi connectivity index (χ3v) is 9.03. The Morgan fingerprint density at radius 2 is 0.500 bits per heavy atom. The number of carbonyl (C=O) groups is 2. The molecule has 0 rings (SSSR count). The number of esters is 2. The number of hydrogen-bond acceptors (Lipinski definition) is 4. The van der Waals surface area contributed by atoms with Gasteiger partial charge in [-0.3, -0.25) is 9.59 Å². The molecule has 4 nitrogen and oxygen atoms in total. The summed E-state index contributed by atoms with van der Waals surface area (Å²) in [5.74, 6) is -0.0151. The summed E-state index contributed by atoms with van der Waals surface area (Å²) in [6.07, 6.45) is 41.9. The maximum absolute atomic E-state index is 11.9. The van der Waals surface area contributed by atoms with E-state index in [0.717, 1.165) is 51.4 Å². The molecule has 0 aromatic carbocycles. The van der Waals surface area contributed by atoms with Crippen molar-refractivity contribution in [3.63, 3.8) is 0 Å². The van der Waals surface area contributed by atoms with Gasteiger partial charge in [0.1, 0.15) is 0 Å². The maximum Gasteiger partial charge on any atom is 0.305 e. The van der Waals surface area contributed by atoms with Gasteiger partial charge in [-0.15, -0.1) is 0 Å². The zero-order valence-electron chi connectivity index (χ0n) is 30.1. The maximum atomic E-state index is 11.9. The van der Waals surface area contributed by atoms with Crippen LogP contribution in [0.15, 0.2) is 0 Å². The first-order chi connectivity index (χ1) is 21.7. The number of rotatable bonds is 37. The van der Waals surface area contributed by atoms with Gasteiger partial charge in [-0.1, -0.05) is 194 Å². The second kappa shape index (κ2) is 38.1. The summed E-state index contributed by atoms with van der Waals surface area (Å²) in [6.45, 7) is 5.72. The molecule has 4 heteroatoms. The zero-order valence-corrected chi connectivity index (χ0v) is 30.1. The largest absolute Gasteiger partial charge is 0.466 e. The molecule has 0 aliphatic carbocycles. The molecule has 0 fully saturated rings. The molecule has 0 aromatic heterocycles. The van der Waals surface area contributed by atoms with Gasteiger partial charge in [-0.25, -0.2) is 0 Å². The molecule has 0 aliphatic heterocycles. The molecule has 0 bridgehead atoms. The number of unbranched alkanes of at least 4 members (excludes halogenated alkanes) is 29. The lowest BCUT2D eigenvalue weighted by atomic mass is 10.0. The molecule has 0 heterocycles. The van der Waals surface area contributed by atoms with Crippen LogP contribution in [-0.4, -0.2) is 25.2 Å². The molecule has 0 N–H and O–H groups in total. The Morgan fingerprint density at radius 1 is 0.295 bits per heavy atom. The van der Waals surface area contributed by atoms with E-state index >= 15 is 0 Å². The third-order valence-electron chi connectivity index (χ3n) is 9.03. The normalized spacial score (nSPS) is 11.2. The summed E-state index contributed by atoms with van der Waals surface area (Å²) in [6, 6.07) is 0. The van der Waals surface area contributed by atoms with Crippen molar-refractivity contribution in [1.29, 1.82) is 0 Å². The van der Waals surface area contributed by atoms with Crippen LogP contribution in [0.3, 0.4) is 0 Å². The minimum absolute atomic E-state index is 0.00753. The molecule has 262 valence electrons. The molecule has 0 saturated heterocycles. The van der Waals surface area contributed by atoms with Crippen LogP contribution in [-0.2, 0) is 19.1 Å². The molecule has 0 unspecified atom stereocenters. The first-order valence-electron chi connectivity index (χ1n) is 20.0. The zero-order chi connectivity index (χ0) is 32.0. The molecule has 0 atom stereocenters. The van der Waals surface area contributed by atoms with Gasteiger partial charge >= 0.3 is 11.9 Å². The Kier molecular flexibility index (Phi) is 37.2. The molecular weight excluding hydrogens is 544 g/mol. The molecule has 0 aromatic rings. The fourth-order valence-corrected chi connectivity index (χ4v) is 6.00. The lowest BCUT2D eigenvalue weighted by Crippen LogP contribution is -2.05. The Hall–Kier alpha value is -1.06. The SMILES string of the molecule is CCCCCCCCCCCCCCC(=O)OCCCCCCCCCCOC(=O)CCCCCCCCCCCCCC. The average molecular weight is 623 g/mol. The van der Waals surface area contributed by atoms with Gasteiger partial charge in [0.2, 0.25) is 0 Å².